The minimum atomic E-state index is -0.225. The average Bonchev–Trinajstić information content (AvgIpc) is 3.08. The molecule has 0 spiro atoms. The van der Waals surface area contributed by atoms with Crippen LogP contribution in [0.1, 0.15) is 29.6 Å². The number of piperidine rings is 2. The van der Waals surface area contributed by atoms with E-state index < -0.39 is 0 Å². The van der Waals surface area contributed by atoms with Crippen LogP contribution in [0.25, 0.3) is 0 Å². The topological polar surface area (TPSA) is 127 Å². The van der Waals surface area contributed by atoms with Crippen LogP contribution in [0.15, 0.2) is 0 Å². The smallest absolute Gasteiger partial charge is 0.308 e. The molecule has 166 valence electrons. The predicted octanol–water partition coefficient (Wildman–Crippen LogP) is -0.156. The van der Waals surface area contributed by atoms with Crippen molar-refractivity contribution in [3.63, 3.8) is 0 Å². The average molecular weight is 440 g/mol. The van der Waals surface area contributed by atoms with Gasteiger partial charge in [0.1, 0.15) is 11.4 Å². The maximum Gasteiger partial charge on any atom is 0.308 e. The first-order valence-electron chi connectivity index (χ1n) is 10.6. The molecule has 0 radical (unpaired) electrons. The number of nitrogens with zero attached hydrogens (tertiary/aromatic N) is 3. The summed E-state index contributed by atoms with van der Waals surface area (Å²) in [6.45, 7) is 4.31. The number of nitrogens with one attached hydrogen (secondary N) is 3. The van der Waals surface area contributed by atoms with Gasteiger partial charge in [0.05, 0.1) is 31.0 Å². The van der Waals surface area contributed by atoms with Crippen LogP contribution in [0.5, 0.6) is 0 Å². The lowest BCUT2D eigenvalue weighted by Crippen LogP contribution is -2.61. The third-order valence-corrected chi connectivity index (χ3v) is 6.66. The van der Waals surface area contributed by atoms with Crippen molar-refractivity contribution < 1.29 is 14.3 Å². The van der Waals surface area contributed by atoms with Crippen LogP contribution < -0.4 is 21.7 Å². The molecule has 3 atom stereocenters. The predicted molar refractivity (Wildman–Crippen MR) is 114 cm³/mol. The zero-order chi connectivity index (χ0) is 21.3. The fourth-order valence-electron chi connectivity index (χ4n) is 4.78. The van der Waals surface area contributed by atoms with Gasteiger partial charge in [0.15, 0.2) is 5.82 Å². The summed E-state index contributed by atoms with van der Waals surface area (Å²) in [5, 5.41) is 13.9. The van der Waals surface area contributed by atoms with Crippen molar-refractivity contribution >= 4 is 35.1 Å². The third-order valence-electron chi connectivity index (χ3n) is 6.36. The molecule has 1 aromatic heterocycles. The van der Waals surface area contributed by atoms with E-state index in [1.54, 1.807) is 4.68 Å². The van der Waals surface area contributed by atoms with Crippen LogP contribution in [-0.2, 0) is 16.1 Å². The molecule has 1 amide bonds. The number of ether oxygens (including phenoxy) is 1. The highest BCUT2D eigenvalue weighted by Crippen LogP contribution is 2.27. The van der Waals surface area contributed by atoms with E-state index in [2.05, 4.69) is 25.9 Å². The van der Waals surface area contributed by atoms with E-state index >= 15 is 0 Å². The van der Waals surface area contributed by atoms with Crippen LogP contribution in [0.3, 0.4) is 0 Å². The number of likely N-dealkylation sites (tertiary alicyclic amines) is 1. The number of halogens is 1. The summed E-state index contributed by atoms with van der Waals surface area (Å²) in [6, 6.07) is 0.154. The molecular weight excluding hydrogens is 410 g/mol. The van der Waals surface area contributed by atoms with Crippen LogP contribution >= 0.6 is 11.6 Å². The Morgan fingerprint density at radius 2 is 2.03 bits per heavy atom. The van der Waals surface area contributed by atoms with Crippen molar-refractivity contribution in [3.05, 3.63) is 5.56 Å². The number of amides is 1. The van der Waals surface area contributed by atoms with Gasteiger partial charge in [-0.25, -0.2) is 4.68 Å². The molecule has 3 aliphatic heterocycles. The first-order chi connectivity index (χ1) is 14.5. The number of aromatic nitrogens is 2. The molecule has 3 aliphatic rings. The Labute approximate surface area is 180 Å². The highest BCUT2D eigenvalue weighted by Gasteiger charge is 2.36. The maximum absolute atomic E-state index is 13.1. The standard InChI is InChI=1S/C19H30ClN7O3/c1-30-19(29)11-3-6-26(7-4-11)14-2-5-22-9-13(14)24-18(28)15-16(21)25-27-10-12(20)8-23-17(15)27/h11-14,22-23H,2-10H2,1H3,(H2,21,25)(H,24,28). The first-order valence-corrected chi connectivity index (χ1v) is 11.0. The molecule has 10 nitrogen and oxygen atoms in total. The normalized spacial score (nSPS) is 27.7. The fourth-order valence-corrected chi connectivity index (χ4v) is 4.99. The number of hydrogen-bond acceptors (Lipinski definition) is 8. The number of alkyl halides is 1. The zero-order valence-corrected chi connectivity index (χ0v) is 18.0. The second-order valence-corrected chi connectivity index (χ2v) is 8.86. The van der Waals surface area contributed by atoms with Crippen LogP contribution in [0.4, 0.5) is 11.6 Å². The number of methoxy groups -OCH3 is 1. The number of carbonyl (C=O) groups excluding carboxylic acids is 2. The van der Waals surface area contributed by atoms with Crippen molar-refractivity contribution in [2.45, 2.75) is 43.3 Å². The second kappa shape index (κ2) is 8.99. The van der Waals surface area contributed by atoms with Gasteiger partial charge in [-0.1, -0.05) is 0 Å². The van der Waals surface area contributed by atoms with Gasteiger partial charge >= 0.3 is 5.97 Å². The quantitative estimate of drug-likeness (QED) is 0.376. The minimum Gasteiger partial charge on any atom is -0.469 e. The summed E-state index contributed by atoms with van der Waals surface area (Å²) >= 11 is 6.18. The summed E-state index contributed by atoms with van der Waals surface area (Å²) < 4.78 is 6.56. The number of anilines is 2. The van der Waals surface area contributed by atoms with Crippen molar-refractivity contribution in [1.82, 2.24) is 25.3 Å². The largest absolute Gasteiger partial charge is 0.469 e. The molecule has 0 aromatic carbocycles. The molecule has 30 heavy (non-hydrogen) atoms. The Kier molecular flexibility index (Phi) is 6.35. The zero-order valence-electron chi connectivity index (χ0n) is 17.2. The highest BCUT2D eigenvalue weighted by atomic mass is 35.5. The Hall–Kier alpha value is -2.04. The summed E-state index contributed by atoms with van der Waals surface area (Å²) in [6.07, 6.45) is 2.50. The number of esters is 1. The molecule has 4 heterocycles. The number of rotatable bonds is 4. The van der Waals surface area contributed by atoms with E-state index in [1.165, 1.54) is 7.11 Å². The summed E-state index contributed by atoms with van der Waals surface area (Å²) in [4.78, 5) is 27.3. The lowest BCUT2D eigenvalue weighted by Gasteiger charge is -2.43. The molecule has 5 N–H and O–H groups in total. The molecule has 4 rings (SSSR count). The molecule has 0 bridgehead atoms. The lowest BCUT2D eigenvalue weighted by molar-refractivity contribution is -0.147. The molecule has 3 unspecified atom stereocenters. The van der Waals surface area contributed by atoms with Crippen molar-refractivity contribution in [2.24, 2.45) is 5.92 Å². The Bertz CT molecular complexity index is 793. The van der Waals surface area contributed by atoms with E-state index in [9.17, 15) is 9.59 Å². The van der Waals surface area contributed by atoms with Gasteiger partial charge in [-0.2, -0.15) is 5.10 Å². The summed E-state index contributed by atoms with van der Waals surface area (Å²) in [5.41, 5.74) is 6.44. The molecule has 2 fully saturated rings. The van der Waals surface area contributed by atoms with E-state index in [-0.39, 0.29) is 41.1 Å². The van der Waals surface area contributed by atoms with E-state index in [1.807, 2.05) is 0 Å². The van der Waals surface area contributed by atoms with Crippen LogP contribution in [0, 0.1) is 5.92 Å². The number of hydrogen-bond donors (Lipinski definition) is 4. The SMILES string of the molecule is COC(=O)C1CCN(C2CCNCC2NC(=O)c2c(N)nn3c2NCC(Cl)C3)CC1. The number of nitrogens with two attached hydrogens (primary N) is 1. The van der Waals surface area contributed by atoms with Gasteiger partial charge < -0.3 is 26.4 Å². The molecule has 0 saturated carbocycles. The molecule has 2 saturated heterocycles. The monoisotopic (exact) mass is 439 g/mol. The summed E-state index contributed by atoms with van der Waals surface area (Å²) in [7, 11) is 1.44. The van der Waals surface area contributed by atoms with E-state index in [0.717, 1.165) is 38.9 Å². The van der Waals surface area contributed by atoms with Crippen molar-refractivity contribution in [3.8, 4) is 0 Å². The lowest BCUT2D eigenvalue weighted by atomic mass is 9.92. The van der Waals surface area contributed by atoms with Gasteiger partial charge in [-0.05, 0) is 38.9 Å². The Morgan fingerprint density at radius 1 is 1.27 bits per heavy atom. The Balaban J connectivity index is 1.43. The molecule has 11 heteroatoms. The number of nitrogen functional groups attached to an aromatic ring is 1. The van der Waals surface area contributed by atoms with Gasteiger partial charge in [0.2, 0.25) is 0 Å². The van der Waals surface area contributed by atoms with E-state index in [4.69, 9.17) is 22.1 Å². The second-order valence-electron chi connectivity index (χ2n) is 8.24. The number of fused-ring (bicyclic) bond motifs is 1. The van der Waals surface area contributed by atoms with Crippen LogP contribution in [-0.4, -0.2) is 83.9 Å². The van der Waals surface area contributed by atoms with Crippen molar-refractivity contribution in [2.75, 3.05) is 50.9 Å². The summed E-state index contributed by atoms with van der Waals surface area (Å²) in [5.74, 6) is 0.452. The first kappa shape index (κ1) is 21.2. The third kappa shape index (κ3) is 4.21. The van der Waals surface area contributed by atoms with Crippen LogP contribution in [0.2, 0.25) is 0 Å². The maximum atomic E-state index is 13.1. The fraction of sp³-hybridized carbons (Fsp3) is 0.737. The van der Waals surface area contributed by atoms with Crippen molar-refractivity contribution in [1.29, 1.82) is 0 Å². The van der Waals surface area contributed by atoms with Gasteiger partial charge in [-0.15, -0.1) is 11.6 Å². The van der Waals surface area contributed by atoms with Gasteiger partial charge in [0, 0.05) is 19.1 Å². The van der Waals surface area contributed by atoms with Gasteiger partial charge in [0.25, 0.3) is 5.91 Å². The molecule has 0 aliphatic carbocycles. The molecule has 1 aromatic rings. The minimum absolute atomic E-state index is 0.0309. The van der Waals surface area contributed by atoms with Gasteiger partial charge in [-0.3, -0.25) is 14.5 Å². The number of carbonyl (C=O) groups is 2. The molecular formula is C19H30ClN7O3. The highest BCUT2D eigenvalue weighted by molar-refractivity contribution is 6.21. The van der Waals surface area contributed by atoms with E-state index in [0.29, 0.717) is 31.0 Å². The Morgan fingerprint density at radius 3 is 2.77 bits per heavy atom.